The molecule has 2 heterocycles. The van der Waals surface area contributed by atoms with E-state index in [0.29, 0.717) is 6.54 Å². The summed E-state index contributed by atoms with van der Waals surface area (Å²) in [6.45, 7) is 2.64. The molecule has 0 spiro atoms. The van der Waals surface area contributed by atoms with E-state index in [1.54, 1.807) is 0 Å². The summed E-state index contributed by atoms with van der Waals surface area (Å²) in [4.78, 5) is 16.9. The van der Waals surface area contributed by atoms with Crippen molar-refractivity contribution in [3.8, 4) is 0 Å². The predicted molar refractivity (Wildman–Crippen MR) is 91.4 cm³/mol. The van der Waals surface area contributed by atoms with E-state index in [2.05, 4.69) is 10.3 Å². The van der Waals surface area contributed by atoms with E-state index in [9.17, 15) is 4.79 Å². The topological polar surface area (TPSA) is 46.4 Å². The summed E-state index contributed by atoms with van der Waals surface area (Å²) in [5.41, 5.74) is 2.99. The molecular weight excluding hydrogens is 286 g/mol. The van der Waals surface area contributed by atoms with Gasteiger partial charge in [0.25, 0.3) is 0 Å². The smallest absolute Gasteiger partial charge is 0.227 e. The van der Waals surface area contributed by atoms with Crippen LogP contribution in [-0.2, 0) is 11.2 Å². The zero-order valence-electron chi connectivity index (χ0n) is 13.3. The van der Waals surface area contributed by atoms with Crippen LogP contribution in [0.5, 0.6) is 0 Å². The van der Waals surface area contributed by atoms with Crippen LogP contribution < -0.4 is 5.32 Å². The van der Waals surface area contributed by atoms with Crippen LogP contribution in [-0.4, -0.2) is 21.8 Å². The molecule has 2 aromatic heterocycles. The average Bonchev–Trinajstić information content (AvgIpc) is 2.99. The number of pyridine rings is 1. The molecule has 0 aliphatic carbocycles. The number of amides is 1. The highest BCUT2D eigenvalue weighted by Crippen LogP contribution is 2.19. The first-order chi connectivity index (χ1) is 11.3. The average molecular weight is 307 g/mol. The highest BCUT2D eigenvalue weighted by Gasteiger charge is 2.17. The number of hydrogen-bond acceptors (Lipinski definition) is 2. The van der Waals surface area contributed by atoms with Crippen molar-refractivity contribution in [3.63, 3.8) is 0 Å². The molecule has 0 aliphatic rings. The molecule has 118 valence electrons. The Bertz CT molecular complexity index is 746. The molecule has 4 nitrogen and oxygen atoms in total. The maximum absolute atomic E-state index is 12.4. The third-order valence-electron chi connectivity index (χ3n) is 4.02. The highest BCUT2D eigenvalue weighted by atomic mass is 16.1. The molecule has 23 heavy (non-hydrogen) atoms. The van der Waals surface area contributed by atoms with E-state index in [1.165, 1.54) is 0 Å². The van der Waals surface area contributed by atoms with Gasteiger partial charge in [0.2, 0.25) is 5.91 Å². The van der Waals surface area contributed by atoms with Crippen molar-refractivity contribution in [2.45, 2.75) is 25.7 Å². The Morgan fingerprint density at radius 1 is 1.17 bits per heavy atom. The summed E-state index contributed by atoms with van der Waals surface area (Å²) in [7, 11) is 0. The van der Waals surface area contributed by atoms with Crippen molar-refractivity contribution >= 4 is 11.6 Å². The van der Waals surface area contributed by atoms with E-state index in [-0.39, 0.29) is 11.8 Å². The summed E-state index contributed by atoms with van der Waals surface area (Å²) in [6, 6.07) is 15.9. The normalized spacial score (nSPS) is 12.2. The van der Waals surface area contributed by atoms with Gasteiger partial charge in [-0.15, -0.1) is 0 Å². The molecule has 3 rings (SSSR count). The van der Waals surface area contributed by atoms with Crippen LogP contribution in [0.25, 0.3) is 5.65 Å². The molecule has 1 aromatic carbocycles. The number of carbonyl (C=O) groups excluding carboxylic acids is 1. The van der Waals surface area contributed by atoms with Gasteiger partial charge in [0.1, 0.15) is 5.65 Å². The fourth-order valence-electron chi connectivity index (χ4n) is 2.80. The fourth-order valence-corrected chi connectivity index (χ4v) is 2.80. The second kappa shape index (κ2) is 7.09. The monoisotopic (exact) mass is 307 g/mol. The molecule has 0 bridgehead atoms. The SMILES string of the molecule is CC[C@H](C(=O)NCCc1cn2ccccc2n1)c1ccccc1. The van der Waals surface area contributed by atoms with Gasteiger partial charge in [0, 0.05) is 25.4 Å². The van der Waals surface area contributed by atoms with Gasteiger partial charge in [0.15, 0.2) is 0 Å². The van der Waals surface area contributed by atoms with Crippen LogP contribution >= 0.6 is 0 Å². The Kier molecular flexibility index (Phi) is 4.71. The van der Waals surface area contributed by atoms with Gasteiger partial charge in [0.05, 0.1) is 11.6 Å². The molecular formula is C19H21N3O. The number of nitrogens with one attached hydrogen (secondary N) is 1. The minimum absolute atomic E-state index is 0.0856. The summed E-state index contributed by atoms with van der Waals surface area (Å²) in [6.07, 6.45) is 5.52. The first-order valence-electron chi connectivity index (χ1n) is 8.03. The van der Waals surface area contributed by atoms with E-state index in [1.807, 2.05) is 72.2 Å². The lowest BCUT2D eigenvalue weighted by atomic mass is 9.96. The lowest BCUT2D eigenvalue weighted by Crippen LogP contribution is -2.30. The Morgan fingerprint density at radius 2 is 1.96 bits per heavy atom. The lowest BCUT2D eigenvalue weighted by molar-refractivity contribution is -0.122. The van der Waals surface area contributed by atoms with Crippen LogP contribution in [0.2, 0.25) is 0 Å². The summed E-state index contributed by atoms with van der Waals surface area (Å²) < 4.78 is 2.00. The molecule has 1 atom stereocenters. The van der Waals surface area contributed by atoms with Gasteiger partial charge in [-0.1, -0.05) is 43.3 Å². The zero-order valence-corrected chi connectivity index (χ0v) is 13.3. The van der Waals surface area contributed by atoms with Crippen LogP contribution in [0.3, 0.4) is 0 Å². The van der Waals surface area contributed by atoms with Crippen LogP contribution in [0.15, 0.2) is 60.9 Å². The van der Waals surface area contributed by atoms with Crippen LogP contribution in [0, 0.1) is 0 Å². The maximum atomic E-state index is 12.4. The van der Waals surface area contributed by atoms with Crippen LogP contribution in [0.4, 0.5) is 0 Å². The molecule has 0 fully saturated rings. The minimum Gasteiger partial charge on any atom is -0.355 e. The Labute approximate surface area is 136 Å². The van der Waals surface area contributed by atoms with Crippen molar-refractivity contribution < 1.29 is 4.79 Å². The van der Waals surface area contributed by atoms with Gasteiger partial charge in [-0.25, -0.2) is 4.98 Å². The van der Waals surface area contributed by atoms with Crippen LogP contribution in [0.1, 0.15) is 30.5 Å². The number of imidazole rings is 1. The predicted octanol–water partition coefficient (Wildman–Crippen LogP) is 3.19. The molecule has 1 N–H and O–H groups in total. The highest BCUT2D eigenvalue weighted by molar-refractivity contribution is 5.83. The number of fused-ring (bicyclic) bond motifs is 1. The third-order valence-corrected chi connectivity index (χ3v) is 4.02. The quantitative estimate of drug-likeness (QED) is 0.760. The number of benzene rings is 1. The zero-order chi connectivity index (χ0) is 16.1. The number of nitrogens with zero attached hydrogens (tertiary/aromatic N) is 2. The third kappa shape index (κ3) is 3.59. The van der Waals surface area contributed by atoms with E-state index >= 15 is 0 Å². The van der Waals surface area contributed by atoms with Gasteiger partial charge in [-0.3, -0.25) is 4.79 Å². The van der Waals surface area contributed by atoms with Crippen molar-refractivity contribution in [1.82, 2.24) is 14.7 Å². The Morgan fingerprint density at radius 3 is 2.70 bits per heavy atom. The fraction of sp³-hybridized carbons (Fsp3) is 0.263. The molecule has 0 saturated heterocycles. The second-order valence-corrected chi connectivity index (χ2v) is 5.61. The maximum Gasteiger partial charge on any atom is 0.227 e. The molecule has 1 amide bonds. The minimum atomic E-state index is -0.0859. The van der Waals surface area contributed by atoms with E-state index < -0.39 is 0 Å². The first kappa shape index (κ1) is 15.3. The summed E-state index contributed by atoms with van der Waals surface area (Å²) in [5, 5.41) is 3.04. The largest absolute Gasteiger partial charge is 0.355 e. The molecule has 0 unspecified atom stereocenters. The standard InChI is InChI=1S/C19H21N3O/c1-2-17(15-8-4-3-5-9-15)19(23)20-12-11-16-14-22-13-7-6-10-18(22)21-16/h3-10,13-14,17H,2,11-12H2,1H3,(H,20,23)/t17-/m0/s1. The molecule has 0 saturated carbocycles. The molecule has 3 aromatic rings. The Hall–Kier alpha value is -2.62. The second-order valence-electron chi connectivity index (χ2n) is 5.61. The summed E-state index contributed by atoms with van der Waals surface area (Å²) in [5.74, 6) is -0.000247. The number of rotatable bonds is 6. The number of hydrogen-bond donors (Lipinski definition) is 1. The first-order valence-corrected chi connectivity index (χ1v) is 8.03. The van der Waals surface area contributed by atoms with E-state index in [0.717, 1.165) is 29.7 Å². The van der Waals surface area contributed by atoms with E-state index in [4.69, 9.17) is 0 Å². The summed E-state index contributed by atoms with van der Waals surface area (Å²) >= 11 is 0. The Balaban J connectivity index is 1.58. The number of aromatic nitrogens is 2. The van der Waals surface area contributed by atoms with Gasteiger partial charge < -0.3 is 9.72 Å². The van der Waals surface area contributed by atoms with Crippen molar-refractivity contribution in [2.24, 2.45) is 0 Å². The van der Waals surface area contributed by atoms with Gasteiger partial charge >= 0.3 is 0 Å². The lowest BCUT2D eigenvalue weighted by Gasteiger charge is -2.15. The van der Waals surface area contributed by atoms with Crippen molar-refractivity contribution in [1.29, 1.82) is 0 Å². The van der Waals surface area contributed by atoms with Gasteiger partial charge in [-0.05, 0) is 24.1 Å². The van der Waals surface area contributed by atoms with Crippen molar-refractivity contribution in [3.05, 3.63) is 72.2 Å². The molecule has 0 aliphatic heterocycles. The molecule has 0 radical (unpaired) electrons. The van der Waals surface area contributed by atoms with Crippen molar-refractivity contribution in [2.75, 3.05) is 6.54 Å². The number of carbonyl (C=O) groups is 1. The molecule has 4 heteroatoms. The van der Waals surface area contributed by atoms with Gasteiger partial charge in [-0.2, -0.15) is 0 Å².